The molecule has 0 saturated heterocycles. The molecule has 0 spiro atoms. The van der Waals surface area contributed by atoms with Crippen LogP contribution in [0.1, 0.15) is 22.5 Å². The molecule has 0 unspecified atom stereocenters. The van der Waals surface area contributed by atoms with E-state index >= 15 is 0 Å². The van der Waals surface area contributed by atoms with Gasteiger partial charge in [0.25, 0.3) is 10.0 Å². The number of imidazole rings is 1. The van der Waals surface area contributed by atoms with Crippen molar-refractivity contribution in [2.24, 2.45) is 0 Å². The van der Waals surface area contributed by atoms with Crippen molar-refractivity contribution in [3.05, 3.63) is 108 Å². The first-order valence-electron chi connectivity index (χ1n) is 11.3. The standard InChI is InChI=1S/C27H28N4O3S/c1-20-13-14-24(17-21(20)2)31(35(33,34)25-10-5-4-6-11-25)19-27(32)29-18-23-9-7-8-12-26(23)30-16-15-28-22(30)3/h4-17H,18-19H2,1-3H3,(H,29,32). The van der Waals surface area contributed by atoms with Crippen LogP contribution in [0.15, 0.2) is 90.1 Å². The number of anilines is 1. The maximum atomic E-state index is 13.5. The lowest BCUT2D eigenvalue weighted by atomic mass is 10.1. The number of nitrogens with zero attached hydrogens (tertiary/aromatic N) is 3. The van der Waals surface area contributed by atoms with E-state index in [0.29, 0.717) is 5.69 Å². The number of hydrogen-bond donors (Lipinski definition) is 1. The van der Waals surface area contributed by atoms with Crippen LogP contribution >= 0.6 is 0 Å². The van der Waals surface area contributed by atoms with Gasteiger partial charge in [0.1, 0.15) is 12.4 Å². The molecule has 0 atom stereocenters. The van der Waals surface area contributed by atoms with Crippen molar-refractivity contribution in [3.8, 4) is 5.69 Å². The van der Waals surface area contributed by atoms with Gasteiger partial charge in [-0.2, -0.15) is 0 Å². The summed E-state index contributed by atoms with van der Waals surface area (Å²) in [6, 6.07) is 21.2. The summed E-state index contributed by atoms with van der Waals surface area (Å²) < 4.78 is 30.2. The van der Waals surface area contributed by atoms with Gasteiger partial charge in [-0.1, -0.05) is 42.5 Å². The molecule has 3 aromatic carbocycles. The fraction of sp³-hybridized carbons (Fsp3) is 0.185. The fourth-order valence-corrected chi connectivity index (χ4v) is 5.26. The first kappa shape index (κ1) is 24.2. The van der Waals surface area contributed by atoms with Gasteiger partial charge in [-0.25, -0.2) is 13.4 Å². The van der Waals surface area contributed by atoms with Crippen molar-refractivity contribution in [2.45, 2.75) is 32.2 Å². The molecule has 1 N–H and O–H groups in total. The highest BCUT2D eigenvalue weighted by Crippen LogP contribution is 2.25. The largest absolute Gasteiger partial charge is 0.350 e. The van der Waals surface area contributed by atoms with Crippen molar-refractivity contribution >= 4 is 21.6 Å². The van der Waals surface area contributed by atoms with Crippen molar-refractivity contribution < 1.29 is 13.2 Å². The number of para-hydroxylation sites is 1. The predicted molar refractivity (Wildman–Crippen MR) is 137 cm³/mol. The maximum Gasteiger partial charge on any atom is 0.264 e. The van der Waals surface area contributed by atoms with Crippen LogP contribution in [-0.4, -0.2) is 30.4 Å². The molecule has 1 amide bonds. The third-order valence-corrected chi connectivity index (χ3v) is 7.74. The van der Waals surface area contributed by atoms with E-state index in [-0.39, 0.29) is 18.0 Å². The van der Waals surface area contributed by atoms with Gasteiger partial charge >= 0.3 is 0 Å². The number of aromatic nitrogens is 2. The average molecular weight is 489 g/mol. The summed E-state index contributed by atoms with van der Waals surface area (Å²) >= 11 is 0. The van der Waals surface area contributed by atoms with Crippen molar-refractivity contribution in [1.29, 1.82) is 0 Å². The summed E-state index contributed by atoms with van der Waals surface area (Å²) in [6.45, 7) is 5.69. The number of nitrogens with one attached hydrogen (secondary N) is 1. The van der Waals surface area contributed by atoms with Crippen LogP contribution in [0.2, 0.25) is 0 Å². The Bertz CT molecular complexity index is 1450. The third kappa shape index (κ3) is 5.27. The molecular formula is C27H28N4O3S. The lowest BCUT2D eigenvalue weighted by molar-refractivity contribution is -0.119. The lowest BCUT2D eigenvalue weighted by Crippen LogP contribution is -2.40. The normalized spacial score (nSPS) is 11.3. The van der Waals surface area contributed by atoms with E-state index in [2.05, 4.69) is 10.3 Å². The van der Waals surface area contributed by atoms with Gasteiger partial charge in [0.05, 0.1) is 16.3 Å². The maximum absolute atomic E-state index is 13.5. The molecule has 4 rings (SSSR count). The van der Waals surface area contributed by atoms with Crippen LogP contribution < -0.4 is 9.62 Å². The van der Waals surface area contributed by atoms with Crippen molar-refractivity contribution in [3.63, 3.8) is 0 Å². The molecule has 180 valence electrons. The van der Waals surface area contributed by atoms with E-state index in [1.165, 1.54) is 12.1 Å². The van der Waals surface area contributed by atoms with Crippen LogP contribution in [0.25, 0.3) is 5.69 Å². The van der Waals surface area contributed by atoms with Gasteiger partial charge in [0.2, 0.25) is 5.91 Å². The Morgan fingerprint density at radius 3 is 2.34 bits per heavy atom. The van der Waals surface area contributed by atoms with E-state index in [9.17, 15) is 13.2 Å². The van der Waals surface area contributed by atoms with Crippen LogP contribution in [0, 0.1) is 20.8 Å². The third-order valence-electron chi connectivity index (χ3n) is 5.95. The number of benzene rings is 3. The first-order valence-corrected chi connectivity index (χ1v) is 12.7. The van der Waals surface area contributed by atoms with E-state index in [4.69, 9.17) is 0 Å². The van der Waals surface area contributed by atoms with Gasteiger partial charge in [0.15, 0.2) is 0 Å². The zero-order valence-corrected chi connectivity index (χ0v) is 20.8. The molecule has 0 bridgehead atoms. The molecule has 0 aliphatic carbocycles. The Balaban J connectivity index is 1.59. The summed E-state index contributed by atoms with van der Waals surface area (Å²) in [5.74, 6) is 0.429. The number of hydrogen-bond acceptors (Lipinski definition) is 4. The summed E-state index contributed by atoms with van der Waals surface area (Å²) in [4.78, 5) is 17.5. The highest BCUT2D eigenvalue weighted by molar-refractivity contribution is 7.92. The minimum Gasteiger partial charge on any atom is -0.350 e. The Kier molecular flexibility index (Phi) is 7.02. The fourth-order valence-electron chi connectivity index (χ4n) is 3.82. The molecule has 0 fully saturated rings. The van der Waals surface area contributed by atoms with Crippen LogP contribution in [0.5, 0.6) is 0 Å². The second-order valence-corrected chi connectivity index (χ2v) is 10.2. The van der Waals surface area contributed by atoms with E-state index in [1.54, 1.807) is 36.5 Å². The summed E-state index contributed by atoms with van der Waals surface area (Å²) in [5, 5.41) is 2.89. The number of rotatable bonds is 8. The Morgan fingerprint density at radius 1 is 0.943 bits per heavy atom. The predicted octanol–water partition coefficient (Wildman–Crippen LogP) is 4.31. The van der Waals surface area contributed by atoms with Gasteiger partial charge in [-0.3, -0.25) is 9.10 Å². The van der Waals surface area contributed by atoms with Crippen molar-refractivity contribution in [1.82, 2.24) is 14.9 Å². The van der Waals surface area contributed by atoms with Crippen LogP contribution in [0.3, 0.4) is 0 Å². The smallest absolute Gasteiger partial charge is 0.264 e. The average Bonchev–Trinajstić information content (AvgIpc) is 3.29. The van der Waals surface area contributed by atoms with E-state index < -0.39 is 15.9 Å². The molecule has 35 heavy (non-hydrogen) atoms. The molecule has 0 saturated carbocycles. The molecule has 1 aromatic heterocycles. The number of amides is 1. The minimum absolute atomic E-state index is 0.131. The minimum atomic E-state index is -3.95. The van der Waals surface area contributed by atoms with Gasteiger partial charge in [-0.15, -0.1) is 0 Å². The van der Waals surface area contributed by atoms with Crippen LogP contribution in [-0.2, 0) is 21.4 Å². The first-order chi connectivity index (χ1) is 16.8. The molecule has 8 heteroatoms. The number of carbonyl (C=O) groups excluding carboxylic acids is 1. The molecule has 1 heterocycles. The molecule has 4 aromatic rings. The van der Waals surface area contributed by atoms with E-state index in [1.807, 2.05) is 61.9 Å². The Labute approximate surface area is 206 Å². The molecule has 0 radical (unpaired) electrons. The highest BCUT2D eigenvalue weighted by Gasteiger charge is 2.27. The topological polar surface area (TPSA) is 84.3 Å². The lowest BCUT2D eigenvalue weighted by Gasteiger charge is -2.25. The molecular weight excluding hydrogens is 460 g/mol. The Hall–Kier alpha value is -3.91. The van der Waals surface area contributed by atoms with Gasteiger partial charge in [-0.05, 0) is 67.8 Å². The van der Waals surface area contributed by atoms with Crippen LogP contribution in [0.4, 0.5) is 5.69 Å². The Morgan fingerprint density at radius 2 is 1.66 bits per heavy atom. The highest BCUT2D eigenvalue weighted by atomic mass is 32.2. The summed E-state index contributed by atoms with van der Waals surface area (Å²) in [7, 11) is -3.95. The van der Waals surface area contributed by atoms with E-state index in [0.717, 1.165) is 32.5 Å². The SMILES string of the molecule is Cc1ccc(N(CC(=O)NCc2ccccc2-n2ccnc2C)S(=O)(=O)c2ccccc2)cc1C. The van der Waals surface area contributed by atoms with Crippen molar-refractivity contribution in [2.75, 3.05) is 10.8 Å². The second kappa shape index (κ2) is 10.1. The van der Waals surface area contributed by atoms with Gasteiger partial charge in [0, 0.05) is 18.9 Å². The quantitative estimate of drug-likeness (QED) is 0.401. The molecule has 7 nitrogen and oxygen atoms in total. The zero-order valence-electron chi connectivity index (χ0n) is 20.0. The number of sulfonamides is 1. The summed E-state index contributed by atoms with van der Waals surface area (Å²) in [6.07, 6.45) is 3.59. The molecule has 0 aliphatic heterocycles. The number of aryl methyl sites for hydroxylation is 3. The summed E-state index contributed by atoms with van der Waals surface area (Å²) in [5.41, 5.74) is 4.24. The number of carbonyl (C=O) groups is 1. The molecule has 0 aliphatic rings. The second-order valence-electron chi connectivity index (χ2n) is 8.34. The van der Waals surface area contributed by atoms with Gasteiger partial charge < -0.3 is 9.88 Å². The zero-order chi connectivity index (χ0) is 25.0. The monoisotopic (exact) mass is 488 g/mol.